The van der Waals surface area contributed by atoms with Crippen molar-refractivity contribution in [2.24, 2.45) is 7.05 Å². The standard InChI is InChI=1S/C32H35F3N8O2/c1-41-24-5-4-21(32(33,34)35)17-23(24)30(40-41)39-19-28(44)43-16-10-25-26(43)9-15-42(25)22-7-11-31(45,12-8-22)27-6-3-20(18-38-27)29-36-13-2-14-37-29/h2-6,13-14,17-18,22,25-26,45H,7-12,15-16,19H2,1H3,(H,39,40)/t22?,25-,26-,31?/m1/s1. The first kappa shape index (κ1) is 29.6. The number of hydrogen-bond acceptors (Lipinski definition) is 8. The van der Waals surface area contributed by atoms with Gasteiger partial charge in [0.2, 0.25) is 5.91 Å². The van der Waals surface area contributed by atoms with Gasteiger partial charge in [0.1, 0.15) is 5.60 Å². The lowest BCUT2D eigenvalue weighted by Gasteiger charge is -2.41. The van der Waals surface area contributed by atoms with E-state index in [1.807, 2.05) is 17.0 Å². The number of nitrogens with zero attached hydrogens (tertiary/aromatic N) is 7. The number of carbonyl (C=O) groups excluding carboxylic acids is 1. The molecule has 2 N–H and O–H groups in total. The van der Waals surface area contributed by atoms with Gasteiger partial charge in [0.25, 0.3) is 0 Å². The summed E-state index contributed by atoms with van der Waals surface area (Å²) < 4.78 is 41.5. The number of pyridine rings is 1. The highest BCUT2D eigenvalue weighted by Gasteiger charge is 2.48. The molecule has 0 spiro atoms. The van der Waals surface area contributed by atoms with Gasteiger partial charge < -0.3 is 15.3 Å². The Kier molecular flexibility index (Phi) is 7.47. The summed E-state index contributed by atoms with van der Waals surface area (Å²) in [7, 11) is 1.67. The third-order valence-electron chi connectivity index (χ3n) is 9.84. The first-order valence-electron chi connectivity index (χ1n) is 15.4. The van der Waals surface area contributed by atoms with Gasteiger partial charge in [-0.15, -0.1) is 0 Å². The lowest BCUT2D eigenvalue weighted by molar-refractivity contribution is -0.137. The molecule has 4 aromatic rings. The molecule has 5 heterocycles. The van der Waals surface area contributed by atoms with E-state index in [4.69, 9.17) is 0 Å². The predicted molar refractivity (Wildman–Crippen MR) is 161 cm³/mol. The smallest absolute Gasteiger partial charge is 0.384 e. The minimum Gasteiger partial charge on any atom is -0.384 e. The monoisotopic (exact) mass is 620 g/mol. The number of amides is 1. The van der Waals surface area contributed by atoms with Crippen LogP contribution in [0.3, 0.4) is 0 Å². The molecule has 3 fully saturated rings. The van der Waals surface area contributed by atoms with Crippen LogP contribution in [0.4, 0.5) is 19.0 Å². The van der Waals surface area contributed by atoms with E-state index in [-0.39, 0.29) is 30.4 Å². The molecule has 0 bridgehead atoms. The van der Waals surface area contributed by atoms with Gasteiger partial charge in [-0.1, -0.05) is 0 Å². The highest BCUT2D eigenvalue weighted by Crippen LogP contribution is 2.42. The number of carbonyl (C=O) groups is 1. The van der Waals surface area contributed by atoms with Crippen LogP contribution in [-0.4, -0.2) is 83.3 Å². The van der Waals surface area contributed by atoms with Crippen molar-refractivity contribution < 1.29 is 23.1 Å². The summed E-state index contributed by atoms with van der Waals surface area (Å²) in [6.07, 6.45) is 5.29. The first-order valence-corrected chi connectivity index (χ1v) is 15.4. The summed E-state index contributed by atoms with van der Waals surface area (Å²) in [6, 6.07) is 9.75. The van der Waals surface area contributed by atoms with Crippen LogP contribution in [0.5, 0.6) is 0 Å². The van der Waals surface area contributed by atoms with Crippen molar-refractivity contribution in [2.75, 3.05) is 25.0 Å². The van der Waals surface area contributed by atoms with Gasteiger partial charge in [0.15, 0.2) is 11.6 Å². The Morgan fingerprint density at radius 2 is 1.78 bits per heavy atom. The second-order valence-electron chi connectivity index (χ2n) is 12.4. The number of anilines is 1. The molecule has 236 valence electrons. The Labute approximate surface area is 258 Å². The summed E-state index contributed by atoms with van der Waals surface area (Å²) in [5.41, 5.74) is 0.296. The van der Waals surface area contributed by atoms with E-state index in [9.17, 15) is 23.1 Å². The first-order chi connectivity index (χ1) is 21.6. The average molecular weight is 621 g/mol. The molecule has 45 heavy (non-hydrogen) atoms. The zero-order chi connectivity index (χ0) is 31.3. The Morgan fingerprint density at radius 1 is 1.02 bits per heavy atom. The van der Waals surface area contributed by atoms with Crippen LogP contribution >= 0.6 is 0 Å². The van der Waals surface area contributed by atoms with E-state index in [1.165, 1.54) is 10.7 Å². The molecule has 3 aromatic heterocycles. The van der Waals surface area contributed by atoms with E-state index in [0.717, 1.165) is 49.9 Å². The molecule has 3 aliphatic rings. The van der Waals surface area contributed by atoms with Gasteiger partial charge in [-0.25, -0.2) is 9.97 Å². The van der Waals surface area contributed by atoms with E-state index in [2.05, 4.69) is 30.3 Å². The van der Waals surface area contributed by atoms with Gasteiger partial charge in [0, 0.05) is 67.8 Å². The van der Waals surface area contributed by atoms with Crippen molar-refractivity contribution in [3.63, 3.8) is 0 Å². The number of aliphatic hydroxyl groups is 1. The molecule has 1 amide bonds. The van der Waals surface area contributed by atoms with Gasteiger partial charge >= 0.3 is 6.18 Å². The zero-order valence-electron chi connectivity index (χ0n) is 24.9. The lowest BCUT2D eigenvalue weighted by atomic mass is 9.79. The summed E-state index contributed by atoms with van der Waals surface area (Å²) in [5.74, 6) is 0.784. The maximum Gasteiger partial charge on any atom is 0.416 e. The molecule has 1 aliphatic carbocycles. The summed E-state index contributed by atoms with van der Waals surface area (Å²) in [6.45, 7) is 1.50. The van der Waals surface area contributed by atoms with Gasteiger partial charge in [-0.2, -0.15) is 18.3 Å². The number of nitrogens with one attached hydrogen (secondary N) is 1. The summed E-state index contributed by atoms with van der Waals surface area (Å²) in [4.78, 5) is 30.9. The Hall–Kier alpha value is -4.10. The molecule has 7 rings (SSSR count). The molecule has 1 saturated carbocycles. The topological polar surface area (TPSA) is 112 Å². The van der Waals surface area contributed by atoms with Crippen LogP contribution in [0, 0.1) is 0 Å². The SMILES string of the molecule is Cn1nc(NCC(=O)N2CC[C@@H]3[C@H]2CCN3C2CCC(O)(c3ccc(-c4ncccn4)cn3)CC2)c2cc(C(F)(F)F)ccc21. The van der Waals surface area contributed by atoms with Gasteiger partial charge in [-0.3, -0.25) is 19.4 Å². The van der Waals surface area contributed by atoms with E-state index >= 15 is 0 Å². The largest absolute Gasteiger partial charge is 0.416 e. The van der Waals surface area contributed by atoms with Crippen LogP contribution in [-0.2, 0) is 23.6 Å². The number of benzene rings is 1. The number of aryl methyl sites for hydroxylation is 1. The number of fused-ring (bicyclic) bond motifs is 2. The molecular formula is C32H35F3N8O2. The van der Waals surface area contributed by atoms with Crippen LogP contribution in [0.15, 0.2) is 55.0 Å². The average Bonchev–Trinajstić information content (AvgIpc) is 3.74. The third-order valence-corrected chi connectivity index (χ3v) is 9.84. The fourth-order valence-corrected chi connectivity index (χ4v) is 7.53. The second kappa shape index (κ2) is 11.4. The highest BCUT2D eigenvalue weighted by atomic mass is 19.4. The van der Waals surface area contributed by atoms with Crippen LogP contribution in [0.2, 0.25) is 0 Å². The normalized spacial score (nSPS) is 25.5. The van der Waals surface area contributed by atoms with E-state index in [0.29, 0.717) is 47.8 Å². The van der Waals surface area contributed by atoms with Crippen molar-refractivity contribution in [1.29, 1.82) is 0 Å². The minimum absolute atomic E-state index is 0.0375. The molecule has 0 unspecified atom stereocenters. The van der Waals surface area contributed by atoms with E-state index < -0.39 is 17.3 Å². The number of halogens is 3. The van der Waals surface area contributed by atoms with Gasteiger partial charge in [0.05, 0.1) is 23.3 Å². The van der Waals surface area contributed by atoms with Crippen LogP contribution < -0.4 is 5.32 Å². The Balaban J connectivity index is 0.957. The fraction of sp³-hybridized carbons (Fsp3) is 0.469. The van der Waals surface area contributed by atoms with Crippen molar-refractivity contribution in [2.45, 2.75) is 68.4 Å². The second-order valence-corrected chi connectivity index (χ2v) is 12.4. The number of likely N-dealkylation sites (tertiary alicyclic amines) is 2. The third kappa shape index (κ3) is 5.52. The van der Waals surface area contributed by atoms with Gasteiger partial charge in [-0.05, 0) is 74.9 Å². The molecule has 13 heteroatoms. The number of alkyl halides is 3. The molecule has 2 aliphatic heterocycles. The van der Waals surface area contributed by atoms with Crippen LogP contribution in [0.25, 0.3) is 22.3 Å². The molecule has 10 nitrogen and oxygen atoms in total. The Bertz CT molecular complexity index is 1690. The van der Waals surface area contributed by atoms with Crippen molar-refractivity contribution in [1.82, 2.24) is 34.5 Å². The number of hydrogen-bond donors (Lipinski definition) is 2. The molecular weight excluding hydrogens is 585 g/mol. The van der Waals surface area contributed by atoms with Crippen molar-refractivity contribution in [3.8, 4) is 11.4 Å². The maximum absolute atomic E-state index is 13.4. The van der Waals surface area contributed by atoms with Crippen LogP contribution in [0.1, 0.15) is 49.8 Å². The molecule has 2 saturated heterocycles. The minimum atomic E-state index is -4.46. The molecule has 2 atom stereocenters. The van der Waals surface area contributed by atoms with E-state index in [1.54, 1.807) is 31.7 Å². The number of rotatable bonds is 6. The lowest BCUT2D eigenvalue weighted by Crippen LogP contribution is -2.47. The fourth-order valence-electron chi connectivity index (χ4n) is 7.53. The zero-order valence-corrected chi connectivity index (χ0v) is 24.9. The Morgan fingerprint density at radius 3 is 2.49 bits per heavy atom. The molecule has 0 radical (unpaired) electrons. The molecule has 1 aromatic carbocycles. The van der Waals surface area contributed by atoms with Crippen molar-refractivity contribution in [3.05, 3.63) is 66.2 Å². The maximum atomic E-state index is 13.4. The quantitative estimate of drug-likeness (QED) is 0.327. The number of aromatic nitrogens is 5. The highest BCUT2D eigenvalue weighted by molar-refractivity contribution is 5.92. The summed E-state index contributed by atoms with van der Waals surface area (Å²) in [5, 5.41) is 19.2. The summed E-state index contributed by atoms with van der Waals surface area (Å²) >= 11 is 0. The predicted octanol–water partition coefficient (Wildman–Crippen LogP) is 4.36. The van der Waals surface area contributed by atoms with Crippen molar-refractivity contribution >= 4 is 22.6 Å².